The number of carbonyl (C=O) groups excluding carboxylic acids is 2. The van der Waals surface area contributed by atoms with Crippen LogP contribution >= 0.6 is 0 Å². The predicted octanol–water partition coefficient (Wildman–Crippen LogP) is 2.26. The molecule has 0 aromatic heterocycles. The first-order valence-electron chi connectivity index (χ1n) is 8.61. The molecule has 2 aromatic carbocycles. The molecule has 0 fully saturated rings. The average Bonchev–Trinajstić information content (AvgIpc) is 2.69. The lowest BCUT2D eigenvalue weighted by molar-refractivity contribution is -0.126. The lowest BCUT2D eigenvalue weighted by atomic mass is 10.1. The highest BCUT2D eigenvalue weighted by Gasteiger charge is 2.08. The Bertz CT molecular complexity index is 846. The van der Waals surface area contributed by atoms with Gasteiger partial charge in [0.1, 0.15) is 11.5 Å². The van der Waals surface area contributed by atoms with Gasteiger partial charge in [-0.3, -0.25) is 9.59 Å². The number of nitrogens with zero attached hydrogens (tertiary/aromatic N) is 2. The molecule has 0 bridgehead atoms. The molecule has 8 nitrogen and oxygen atoms in total. The summed E-state index contributed by atoms with van der Waals surface area (Å²) >= 11 is 0. The van der Waals surface area contributed by atoms with Gasteiger partial charge in [0, 0.05) is 24.0 Å². The fraction of sp³-hybridized carbons (Fsp3) is 0.200. The van der Waals surface area contributed by atoms with Crippen LogP contribution in [0.4, 0.5) is 0 Å². The third-order valence-corrected chi connectivity index (χ3v) is 3.86. The molecule has 146 valence electrons. The lowest BCUT2D eigenvalue weighted by Crippen LogP contribution is -2.24. The van der Waals surface area contributed by atoms with E-state index in [1.807, 2.05) is 0 Å². The van der Waals surface area contributed by atoms with Crippen molar-refractivity contribution in [3.05, 3.63) is 59.7 Å². The zero-order chi connectivity index (χ0) is 20.5. The monoisotopic (exact) mass is 382 g/mol. The number of hydrogen-bond acceptors (Lipinski definition) is 6. The van der Waals surface area contributed by atoms with Crippen LogP contribution in [0.5, 0.6) is 11.5 Å². The molecule has 0 aliphatic rings. The van der Waals surface area contributed by atoms with Crippen LogP contribution in [0.2, 0.25) is 0 Å². The van der Waals surface area contributed by atoms with E-state index in [1.54, 1.807) is 50.2 Å². The van der Waals surface area contributed by atoms with Gasteiger partial charge in [0.2, 0.25) is 11.8 Å². The van der Waals surface area contributed by atoms with E-state index in [9.17, 15) is 19.8 Å². The van der Waals surface area contributed by atoms with Gasteiger partial charge < -0.3 is 10.2 Å². The highest BCUT2D eigenvalue weighted by molar-refractivity contribution is 6.02. The Morgan fingerprint density at radius 1 is 0.750 bits per heavy atom. The molecule has 2 amide bonds. The van der Waals surface area contributed by atoms with Gasteiger partial charge in [0.25, 0.3) is 0 Å². The molecule has 0 unspecified atom stereocenters. The summed E-state index contributed by atoms with van der Waals surface area (Å²) in [6.45, 7) is 3.30. The molecule has 0 aliphatic heterocycles. The first kappa shape index (κ1) is 20.6. The summed E-state index contributed by atoms with van der Waals surface area (Å²) in [4.78, 5) is 23.7. The van der Waals surface area contributed by atoms with Crippen molar-refractivity contribution in [3.63, 3.8) is 0 Å². The van der Waals surface area contributed by atoms with Crippen molar-refractivity contribution >= 4 is 23.2 Å². The number of hydrazone groups is 2. The van der Waals surface area contributed by atoms with Crippen molar-refractivity contribution in [2.45, 2.75) is 26.7 Å². The van der Waals surface area contributed by atoms with Crippen LogP contribution in [0, 0.1) is 0 Å². The minimum Gasteiger partial charge on any atom is -0.507 e. The van der Waals surface area contributed by atoms with Gasteiger partial charge in [0.05, 0.1) is 11.4 Å². The van der Waals surface area contributed by atoms with E-state index < -0.39 is 11.8 Å². The van der Waals surface area contributed by atoms with Gasteiger partial charge in [-0.15, -0.1) is 0 Å². The van der Waals surface area contributed by atoms with Gasteiger partial charge in [-0.25, -0.2) is 10.9 Å². The molecular formula is C20H22N4O4. The number of nitrogens with one attached hydrogen (secondary N) is 2. The molecule has 0 heterocycles. The fourth-order valence-electron chi connectivity index (χ4n) is 2.31. The van der Waals surface area contributed by atoms with Gasteiger partial charge >= 0.3 is 0 Å². The SMILES string of the molecule is C/C(=N\NC(=O)CCC(=O)N/N=C(\C)c1ccccc1O)c1ccccc1O. The number of amides is 2. The molecule has 8 heteroatoms. The van der Waals surface area contributed by atoms with Crippen molar-refractivity contribution in [2.24, 2.45) is 10.2 Å². The zero-order valence-corrected chi connectivity index (χ0v) is 15.6. The van der Waals surface area contributed by atoms with Crippen LogP contribution < -0.4 is 10.9 Å². The van der Waals surface area contributed by atoms with Crippen molar-refractivity contribution < 1.29 is 19.8 Å². The van der Waals surface area contributed by atoms with E-state index in [2.05, 4.69) is 21.1 Å². The number of carbonyl (C=O) groups is 2. The van der Waals surface area contributed by atoms with Gasteiger partial charge in [-0.05, 0) is 38.1 Å². The Kier molecular flexibility index (Phi) is 7.27. The molecule has 2 aromatic rings. The maximum atomic E-state index is 11.8. The summed E-state index contributed by atoms with van der Waals surface area (Å²) < 4.78 is 0. The highest BCUT2D eigenvalue weighted by Crippen LogP contribution is 2.17. The van der Waals surface area contributed by atoms with Crippen molar-refractivity contribution in [1.29, 1.82) is 0 Å². The van der Waals surface area contributed by atoms with Crippen LogP contribution in [-0.2, 0) is 9.59 Å². The molecule has 4 N–H and O–H groups in total. The minimum absolute atomic E-state index is 0.0649. The lowest BCUT2D eigenvalue weighted by Gasteiger charge is -2.05. The van der Waals surface area contributed by atoms with Crippen molar-refractivity contribution in [2.75, 3.05) is 0 Å². The molecule has 0 radical (unpaired) electrons. The molecule has 0 saturated heterocycles. The second-order valence-corrected chi connectivity index (χ2v) is 6.00. The maximum absolute atomic E-state index is 11.8. The summed E-state index contributed by atoms with van der Waals surface area (Å²) in [7, 11) is 0. The van der Waals surface area contributed by atoms with Crippen molar-refractivity contribution in [3.8, 4) is 11.5 Å². The fourth-order valence-corrected chi connectivity index (χ4v) is 2.31. The summed E-state index contributed by atoms with van der Waals surface area (Å²) in [5.74, 6) is -0.747. The highest BCUT2D eigenvalue weighted by atomic mass is 16.3. The molecule has 28 heavy (non-hydrogen) atoms. The number of para-hydroxylation sites is 2. The number of aromatic hydroxyl groups is 2. The van der Waals surface area contributed by atoms with E-state index in [1.165, 1.54) is 12.1 Å². The molecule has 0 aliphatic carbocycles. The normalized spacial score (nSPS) is 11.8. The van der Waals surface area contributed by atoms with Crippen LogP contribution in [-0.4, -0.2) is 33.5 Å². The Morgan fingerprint density at radius 3 is 1.46 bits per heavy atom. The largest absolute Gasteiger partial charge is 0.507 e. The van der Waals surface area contributed by atoms with Gasteiger partial charge in [-0.1, -0.05) is 24.3 Å². The molecule has 0 saturated carbocycles. The quantitative estimate of drug-likeness (QED) is 0.433. The standard InChI is InChI=1S/C20H22N4O4/c1-13(15-7-3-5-9-17(15)25)21-23-19(27)11-12-20(28)24-22-14(2)16-8-4-6-10-18(16)26/h3-10,25-26H,11-12H2,1-2H3,(H,23,27)(H,24,28)/b21-13+,22-14+. The smallest absolute Gasteiger partial charge is 0.240 e. The van der Waals surface area contributed by atoms with Crippen molar-refractivity contribution in [1.82, 2.24) is 10.9 Å². The van der Waals surface area contributed by atoms with E-state index >= 15 is 0 Å². The molecule has 2 rings (SSSR count). The van der Waals surface area contributed by atoms with Crippen LogP contribution in [0.3, 0.4) is 0 Å². The third-order valence-electron chi connectivity index (χ3n) is 3.86. The first-order valence-corrected chi connectivity index (χ1v) is 8.61. The Balaban J connectivity index is 1.82. The summed E-state index contributed by atoms with van der Waals surface area (Å²) in [6, 6.07) is 13.3. The number of phenols is 2. The number of hydrogen-bond donors (Lipinski definition) is 4. The van der Waals surface area contributed by atoms with Gasteiger partial charge in [0.15, 0.2) is 0 Å². The Labute approximate surface area is 162 Å². The summed E-state index contributed by atoms with van der Waals surface area (Å²) in [5, 5.41) is 27.4. The molecule has 0 atom stereocenters. The van der Waals surface area contributed by atoms with E-state index in [0.29, 0.717) is 22.6 Å². The van der Waals surface area contributed by atoms with E-state index in [0.717, 1.165) is 0 Å². The third kappa shape index (κ3) is 5.94. The minimum atomic E-state index is -0.439. The van der Waals surface area contributed by atoms with E-state index in [4.69, 9.17) is 0 Å². The summed E-state index contributed by atoms with van der Waals surface area (Å²) in [5.41, 5.74) is 6.61. The van der Waals surface area contributed by atoms with Crippen LogP contribution in [0.1, 0.15) is 37.8 Å². The van der Waals surface area contributed by atoms with Crippen LogP contribution in [0.15, 0.2) is 58.7 Å². The number of benzene rings is 2. The van der Waals surface area contributed by atoms with Gasteiger partial charge in [-0.2, -0.15) is 10.2 Å². The Morgan fingerprint density at radius 2 is 1.11 bits per heavy atom. The predicted molar refractivity (Wildman–Crippen MR) is 106 cm³/mol. The van der Waals surface area contributed by atoms with Crippen LogP contribution in [0.25, 0.3) is 0 Å². The molecular weight excluding hydrogens is 360 g/mol. The number of rotatable bonds is 7. The summed E-state index contributed by atoms with van der Waals surface area (Å²) in [6.07, 6.45) is -0.150. The maximum Gasteiger partial charge on any atom is 0.240 e. The second kappa shape index (κ2) is 9.86. The first-order chi connectivity index (χ1) is 13.4. The van der Waals surface area contributed by atoms with E-state index in [-0.39, 0.29) is 24.3 Å². The average molecular weight is 382 g/mol. The second-order valence-electron chi connectivity index (χ2n) is 6.00. The Hall–Kier alpha value is -3.68. The molecule has 0 spiro atoms. The zero-order valence-electron chi connectivity index (χ0n) is 15.6. The topological polar surface area (TPSA) is 123 Å². The number of phenolic OH excluding ortho intramolecular Hbond substituents is 2.